The van der Waals surface area contributed by atoms with Gasteiger partial charge in [0.2, 0.25) is 5.91 Å². The monoisotopic (exact) mass is 300 g/mol. The van der Waals surface area contributed by atoms with Crippen molar-refractivity contribution in [2.75, 3.05) is 6.54 Å². The Labute approximate surface area is 131 Å². The predicted molar refractivity (Wildman–Crippen MR) is 87.2 cm³/mol. The lowest BCUT2D eigenvalue weighted by Gasteiger charge is -2.19. The molecule has 0 aliphatic carbocycles. The van der Waals surface area contributed by atoms with Crippen LogP contribution in [0.4, 0.5) is 0 Å². The van der Waals surface area contributed by atoms with E-state index in [1.54, 1.807) is 0 Å². The molecular weight excluding hydrogens is 276 g/mol. The number of benzene rings is 1. The summed E-state index contributed by atoms with van der Waals surface area (Å²) in [6, 6.07) is 9.43. The fourth-order valence-electron chi connectivity index (χ4n) is 2.40. The van der Waals surface area contributed by atoms with E-state index in [9.17, 15) is 4.79 Å². The van der Waals surface area contributed by atoms with Gasteiger partial charge in [-0.3, -0.25) is 9.48 Å². The fourth-order valence-corrected chi connectivity index (χ4v) is 2.40. The second-order valence-electron chi connectivity index (χ2n) is 5.64. The standard InChI is InChI=1S/C17H24N4O/c1-12(16(18)14-7-5-4-6-8-14)17(22)19-10-9-15-11-20-21(3)13(15)2/h4-8,11-12,16H,9-10,18H2,1-3H3,(H,19,22)/t12-,16-/m0/s1. The molecule has 1 aromatic carbocycles. The summed E-state index contributed by atoms with van der Waals surface area (Å²) >= 11 is 0. The summed E-state index contributed by atoms with van der Waals surface area (Å²) in [5.74, 6) is -0.282. The van der Waals surface area contributed by atoms with Gasteiger partial charge in [-0.1, -0.05) is 37.3 Å². The Hall–Kier alpha value is -2.14. The largest absolute Gasteiger partial charge is 0.355 e. The molecule has 2 rings (SSSR count). The van der Waals surface area contributed by atoms with E-state index in [1.165, 1.54) is 0 Å². The first-order valence-corrected chi connectivity index (χ1v) is 7.56. The van der Waals surface area contributed by atoms with Crippen molar-refractivity contribution in [3.8, 4) is 0 Å². The molecule has 1 heterocycles. The SMILES string of the molecule is Cc1c(CCNC(=O)[C@@H](C)[C@H](N)c2ccccc2)cnn1C. The Morgan fingerprint density at radius 3 is 2.64 bits per heavy atom. The Morgan fingerprint density at radius 2 is 2.05 bits per heavy atom. The highest BCUT2D eigenvalue weighted by Crippen LogP contribution is 2.19. The van der Waals surface area contributed by atoms with E-state index in [-0.39, 0.29) is 17.9 Å². The zero-order valence-corrected chi connectivity index (χ0v) is 13.4. The van der Waals surface area contributed by atoms with Gasteiger partial charge >= 0.3 is 0 Å². The quantitative estimate of drug-likeness (QED) is 0.853. The van der Waals surface area contributed by atoms with Crippen molar-refractivity contribution in [2.45, 2.75) is 26.3 Å². The van der Waals surface area contributed by atoms with Crippen molar-refractivity contribution in [3.05, 3.63) is 53.3 Å². The molecule has 0 radical (unpaired) electrons. The number of amides is 1. The lowest BCUT2D eigenvalue weighted by atomic mass is 9.94. The average Bonchev–Trinajstić information content (AvgIpc) is 2.86. The molecule has 3 N–H and O–H groups in total. The lowest BCUT2D eigenvalue weighted by molar-refractivity contribution is -0.125. The van der Waals surface area contributed by atoms with E-state index in [1.807, 2.05) is 62.1 Å². The minimum absolute atomic E-state index is 0.0158. The maximum Gasteiger partial charge on any atom is 0.224 e. The number of nitrogens with two attached hydrogens (primary N) is 1. The highest BCUT2D eigenvalue weighted by Gasteiger charge is 2.21. The maximum absolute atomic E-state index is 12.2. The number of aromatic nitrogens is 2. The first-order valence-electron chi connectivity index (χ1n) is 7.56. The van der Waals surface area contributed by atoms with Crippen LogP contribution >= 0.6 is 0 Å². The smallest absolute Gasteiger partial charge is 0.224 e. The Bertz CT molecular complexity index is 621. The van der Waals surface area contributed by atoms with Crippen LogP contribution in [0.15, 0.2) is 36.5 Å². The second kappa shape index (κ2) is 7.22. The Morgan fingerprint density at radius 1 is 1.36 bits per heavy atom. The number of hydrogen-bond acceptors (Lipinski definition) is 3. The number of carbonyl (C=O) groups is 1. The Kier molecular flexibility index (Phi) is 5.33. The van der Waals surface area contributed by atoms with Crippen LogP contribution in [-0.4, -0.2) is 22.2 Å². The first kappa shape index (κ1) is 16.2. The summed E-state index contributed by atoms with van der Waals surface area (Å²) in [5.41, 5.74) is 9.44. The number of hydrogen-bond donors (Lipinski definition) is 2. The lowest BCUT2D eigenvalue weighted by Crippen LogP contribution is -2.36. The van der Waals surface area contributed by atoms with Gasteiger partial charge in [0, 0.05) is 25.3 Å². The van der Waals surface area contributed by atoms with Crippen molar-refractivity contribution in [1.82, 2.24) is 15.1 Å². The van der Waals surface area contributed by atoms with Gasteiger partial charge in [-0.25, -0.2) is 0 Å². The van der Waals surface area contributed by atoms with Crippen LogP contribution in [0.3, 0.4) is 0 Å². The van der Waals surface area contributed by atoms with Gasteiger partial charge in [-0.2, -0.15) is 5.10 Å². The number of nitrogens with zero attached hydrogens (tertiary/aromatic N) is 2. The number of rotatable bonds is 6. The molecule has 22 heavy (non-hydrogen) atoms. The van der Waals surface area contributed by atoms with Gasteiger partial charge in [-0.05, 0) is 24.5 Å². The molecule has 5 nitrogen and oxygen atoms in total. The number of carbonyl (C=O) groups excluding carboxylic acids is 1. The summed E-state index contributed by atoms with van der Waals surface area (Å²) in [6.07, 6.45) is 2.62. The molecule has 2 atom stereocenters. The minimum atomic E-state index is -0.290. The van der Waals surface area contributed by atoms with Crippen LogP contribution in [0.25, 0.3) is 0 Å². The van der Waals surface area contributed by atoms with Crippen LogP contribution in [0.5, 0.6) is 0 Å². The van der Waals surface area contributed by atoms with Gasteiger partial charge in [-0.15, -0.1) is 0 Å². The molecule has 0 unspecified atom stereocenters. The normalized spacial score (nSPS) is 13.6. The van der Waals surface area contributed by atoms with Crippen molar-refractivity contribution >= 4 is 5.91 Å². The molecular formula is C17H24N4O. The van der Waals surface area contributed by atoms with Crippen molar-refractivity contribution in [3.63, 3.8) is 0 Å². The Balaban J connectivity index is 1.85. The van der Waals surface area contributed by atoms with Crippen LogP contribution in [-0.2, 0) is 18.3 Å². The maximum atomic E-state index is 12.2. The van der Waals surface area contributed by atoms with Crippen LogP contribution in [0.1, 0.15) is 29.8 Å². The molecule has 1 aromatic heterocycles. The molecule has 2 aromatic rings. The van der Waals surface area contributed by atoms with E-state index in [4.69, 9.17) is 5.73 Å². The zero-order valence-electron chi connectivity index (χ0n) is 13.4. The average molecular weight is 300 g/mol. The van der Waals surface area contributed by atoms with Crippen LogP contribution in [0.2, 0.25) is 0 Å². The molecule has 0 saturated heterocycles. The van der Waals surface area contributed by atoms with Crippen molar-refractivity contribution in [2.24, 2.45) is 18.7 Å². The van der Waals surface area contributed by atoms with Gasteiger partial charge in [0.05, 0.1) is 12.1 Å². The molecule has 0 fully saturated rings. The van der Waals surface area contributed by atoms with E-state index in [0.29, 0.717) is 6.54 Å². The minimum Gasteiger partial charge on any atom is -0.355 e. The summed E-state index contributed by atoms with van der Waals surface area (Å²) in [5, 5.41) is 7.16. The summed E-state index contributed by atoms with van der Waals surface area (Å²) in [6.45, 7) is 4.48. The highest BCUT2D eigenvalue weighted by atomic mass is 16.1. The summed E-state index contributed by atoms with van der Waals surface area (Å²) in [7, 11) is 1.92. The van der Waals surface area contributed by atoms with E-state index < -0.39 is 0 Å². The predicted octanol–water partition coefficient (Wildman–Crippen LogP) is 1.72. The molecule has 5 heteroatoms. The van der Waals surface area contributed by atoms with Gasteiger partial charge in [0.1, 0.15) is 0 Å². The van der Waals surface area contributed by atoms with Crippen molar-refractivity contribution < 1.29 is 4.79 Å². The van der Waals surface area contributed by atoms with Gasteiger partial charge < -0.3 is 11.1 Å². The van der Waals surface area contributed by atoms with Crippen molar-refractivity contribution in [1.29, 1.82) is 0 Å². The third-order valence-corrected chi connectivity index (χ3v) is 4.17. The van der Waals surface area contributed by atoms with Crippen LogP contribution in [0, 0.1) is 12.8 Å². The molecule has 118 valence electrons. The summed E-state index contributed by atoms with van der Waals surface area (Å²) in [4.78, 5) is 12.2. The van der Waals surface area contributed by atoms with Crippen LogP contribution < -0.4 is 11.1 Å². The van der Waals surface area contributed by atoms with E-state index in [2.05, 4.69) is 10.4 Å². The molecule has 0 aliphatic rings. The molecule has 0 spiro atoms. The first-order chi connectivity index (χ1) is 10.5. The molecule has 0 bridgehead atoms. The third-order valence-electron chi connectivity index (χ3n) is 4.17. The zero-order chi connectivity index (χ0) is 16.1. The molecule has 1 amide bonds. The summed E-state index contributed by atoms with van der Waals surface area (Å²) < 4.78 is 1.84. The topological polar surface area (TPSA) is 72.9 Å². The van der Waals surface area contributed by atoms with E-state index >= 15 is 0 Å². The number of aryl methyl sites for hydroxylation is 1. The fraction of sp³-hybridized carbons (Fsp3) is 0.412. The van der Waals surface area contributed by atoms with Gasteiger partial charge in [0.25, 0.3) is 0 Å². The highest BCUT2D eigenvalue weighted by molar-refractivity contribution is 5.79. The van der Waals surface area contributed by atoms with Gasteiger partial charge in [0.15, 0.2) is 0 Å². The molecule has 0 aliphatic heterocycles. The number of nitrogens with one attached hydrogen (secondary N) is 1. The molecule has 0 saturated carbocycles. The van der Waals surface area contributed by atoms with E-state index in [0.717, 1.165) is 23.2 Å². The second-order valence-corrected chi connectivity index (χ2v) is 5.64. The third kappa shape index (κ3) is 3.74.